The maximum atomic E-state index is 13.0. The molecule has 36 heavy (non-hydrogen) atoms. The average molecular weight is 485 g/mol. The standard InChI is InChI=1S/C29H32N4O3/c34-28-21-36-27-11-4-3-10-26(27)33(28)20-19-32-17-13-22(14-18-32)24-8-1-2-9-25(24)29(35)31-16-12-23-7-5-6-15-30-23/h1-11,15,22H,12-14,16-21H2,(H,31,35). The van der Waals surface area contributed by atoms with Crippen LogP contribution < -0.4 is 15.0 Å². The fourth-order valence-corrected chi connectivity index (χ4v) is 5.11. The Morgan fingerprint density at radius 2 is 1.75 bits per heavy atom. The predicted molar refractivity (Wildman–Crippen MR) is 139 cm³/mol. The highest BCUT2D eigenvalue weighted by Crippen LogP contribution is 2.33. The summed E-state index contributed by atoms with van der Waals surface area (Å²) >= 11 is 0. The molecule has 0 bridgehead atoms. The summed E-state index contributed by atoms with van der Waals surface area (Å²) < 4.78 is 5.56. The number of hydrogen-bond donors (Lipinski definition) is 1. The van der Waals surface area contributed by atoms with Crippen molar-refractivity contribution in [2.45, 2.75) is 25.2 Å². The van der Waals surface area contributed by atoms with Crippen LogP contribution in [0.5, 0.6) is 5.75 Å². The third-order valence-electron chi connectivity index (χ3n) is 7.07. The average Bonchev–Trinajstić information content (AvgIpc) is 2.93. The van der Waals surface area contributed by atoms with Gasteiger partial charge in [0.2, 0.25) is 0 Å². The minimum atomic E-state index is -0.0199. The molecule has 2 aliphatic rings. The second-order valence-electron chi connectivity index (χ2n) is 9.33. The molecule has 0 saturated carbocycles. The Bertz CT molecular complexity index is 1190. The van der Waals surface area contributed by atoms with E-state index in [0.29, 0.717) is 25.4 Å². The second kappa shape index (κ2) is 11.4. The number of piperidine rings is 1. The van der Waals surface area contributed by atoms with Crippen molar-refractivity contribution in [1.29, 1.82) is 0 Å². The summed E-state index contributed by atoms with van der Waals surface area (Å²) in [5.41, 5.74) is 3.73. The highest BCUT2D eigenvalue weighted by atomic mass is 16.5. The monoisotopic (exact) mass is 484 g/mol. The lowest BCUT2D eigenvalue weighted by Crippen LogP contribution is -2.45. The summed E-state index contributed by atoms with van der Waals surface area (Å²) in [5, 5.41) is 3.07. The molecule has 5 rings (SSSR count). The Morgan fingerprint density at radius 1 is 0.972 bits per heavy atom. The number of para-hydroxylation sites is 2. The lowest BCUT2D eigenvalue weighted by atomic mass is 9.86. The van der Waals surface area contributed by atoms with Gasteiger partial charge in [-0.2, -0.15) is 0 Å². The zero-order valence-electron chi connectivity index (χ0n) is 20.4. The van der Waals surface area contributed by atoms with Crippen molar-refractivity contribution in [3.8, 4) is 5.75 Å². The highest BCUT2D eigenvalue weighted by molar-refractivity contribution is 5.97. The molecule has 1 N–H and O–H groups in total. The van der Waals surface area contributed by atoms with Gasteiger partial charge in [-0.3, -0.25) is 14.6 Å². The first-order valence-electron chi connectivity index (χ1n) is 12.7. The number of fused-ring (bicyclic) bond motifs is 1. The Hall–Kier alpha value is -3.71. The number of amides is 2. The van der Waals surface area contributed by atoms with Crippen LogP contribution in [-0.4, -0.2) is 61.0 Å². The van der Waals surface area contributed by atoms with Gasteiger partial charge in [0.15, 0.2) is 6.61 Å². The number of benzene rings is 2. The van der Waals surface area contributed by atoms with Crippen molar-refractivity contribution in [2.24, 2.45) is 0 Å². The SMILES string of the molecule is O=C(NCCc1ccccn1)c1ccccc1C1CCN(CCN2C(=O)COc3ccccc32)CC1. The van der Waals surface area contributed by atoms with E-state index in [2.05, 4.69) is 21.3 Å². The Labute approximate surface area is 212 Å². The zero-order valence-corrected chi connectivity index (χ0v) is 20.4. The third kappa shape index (κ3) is 5.57. The van der Waals surface area contributed by atoms with Gasteiger partial charge in [0, 0.05) is 43.5 Å². The highest BCUT2D eigenvalue weighted by Gasteiger charge is 2.28. The van der Waals surface area contributed by atoms with Gasteiger partial charge in [-0.1, -0.05) is 36.4 Å². The minimum Gasteiger partial charge on any atom is -0.482 e. The molecule has 1 saturated heterocycles. The van der Waals surface area contributed by atoms with Crippen LogP contribution in [0, 0.1) is 0 Å². The maximum absolute atomic E-state index is 13.0. The molecule has 2 aromatic carbocycles. The molecule has 0 aliphatic carbocycles. The number of carbonyl (C=O) groups excluding carboxylic acids is 2. The fourth-order valence-electron chi connectivity index (χ4n) is 5.11. The largest absolute Gasteiger partial charge is 0.482 e. The molecule has 1 aromatic heterocycles. The second-order valence-corrected chi connectivity index (χ2v) is 9.33. The molecular formula is C29H32N4O3. The van der Waals surface area contributed by atoms with Gasteiger partial charge in [-0.05, 0) is 67.7 Å². The van der Waals surface area contributed by atoms with Crippen molar-refractivity contribution in [1.82, 2.24) is 15.2 Å². The van der Waals surface area contributed by atoms with Gasteiger partial charge < -0.3 is 19.9 Å². The topological polar surface area (TPSA) is 74.8 Å². The van der Waals surface area contributed by atoms with Crippen LogP contribution in [0.1, 0.15) is 40.4 Å². The molecule has 3 aromatic rings. The molecule has 0 spiro atoms. The summed E-state index contributed by atoms with van der Waals surface area (Å²) in [6.07, 6.45) is 4.47. The number of pyridine rings is 1. The number of likely N-dealkylation sites (tertiary alicyclic amines) is 1. The van der Waals surface area contributed by atoms with Crippen LogP contribution in [0.25, 0.3) is 0 Å². The summed E-state index contributed by atoms with van der Waals surface area (Å²) in [4.78, 5) is 34.0. The number of nitrogens with zero attached hydrogens (tertiary/aromatic N) is 3. The molecule has 7 heteroatoms. The van der Waals surface area contributed by atoms with Crippen LogP contribution in [-0.2, 0) is 11.2 Å². The molecule has 0 unspecified atom stereocenters. The predicted octanol–water partition coefficient (Wildman–Crippen LogP) is 3.66. The summed E-state index contributed by atoms with van der Waals surface area (Å²) in [7, 11) is 0. The van der Waals surface area contributed by atoms with Crippen LogP contribution in [0.15, 0.2) is 72.9 Å². The smallest absolute Gasteiger partial charge is 0.265 e. The lowest BCUT2D eigenvalue weighted by molar-refractivity contribution is -0.121. The van der Waals surface area contributed by atoms with Crippen molar-refractivity contribution < 1.29 is 14.3 Å². The summed E-state index contributed by atoms with van der Waals surface area (Å²) in [6.45, 7) is 4.02. The van der Waals surface area contributed by atoms with Crippen LogP contribution in [0.4, 0.5) is 5.69 Å². The van der Waals surface area contributed by atoms with E-state index < -0.39 is 0 Å². The van der Waals surface area contributed by atoms with E-state index in [4.69, 9.17) is 4.74 Å². The fraction of sp³-hybridized carbons (Fsp3) is 0.345. The molecule has 7 nitrogen and oxygen atoms in total. The van der Waals surface area contributed by atoms with Crippen LogP contribution in [0.2, 0.25) is 0 Å². The first kappa shape index (κ1) is 24.0. The molecule has 0 radical (unpaired) electrons. The number of anilines is 1. The molecule has 1 fully saturated rings. The maximum Gasteiger partial charge on any atom is 0.265 e. The Kier molecular flexibility index (Phi) is 7.57. The van der Waals surface area contributed by atoms with Gasteiger partial charge in [0.25, 0.3) is 11.8 Å². The number of carbonyl (C=O) groups is 2. The van der Waals surface area contributed by atoms with Gasteiger partial charge in [-0.25, -0.2) is 0 Å². The molecule has 186 valence electrons. The van der Waals surface area contributed by atoms with Crippen molar-refractivity contribution in [3.05, 3.63) is 89.7 Å². The Balaban J connectivity index is 1.14. The molecule has 3 heterocycles. The number of rotatable bonds is 8. The van der Waals surface area contributed by atoms with Gasteiger partial charge in [0.1, 0.15) is 5.75 Å². The third-order valence-corrected chi connectivity index (χ3v) is 7.07. The van der Waals surface area contributed by atoms with Gasteiger partial charge in [-0.15, -0.1) is 0 Å². The van der Waals surface area contributed by atoms with E-state index in [1.165, 1.54) is 0 Å². The summed E-state index contributed by atoms with van der Waals surface area (Å²) in [6, 6.07) is 21.5. The van der Waals surface area contributed by atoms with Crippen molar-refractivity contribution in [2.75, 3.05) is 44.2 Å². The zero-order chi connectivity index (χ0) is 24.7. The normalized spacial score (nSPS) is 16.3. The number of nitrogens with one attached hydrogen (secondary N) is 1. The van der Waals surface area contributed by atoms with Crippen molar-refractivity contribution >= 4 is 17.5 Å². The minimum absolute atomic E-state index is 0.00608. The number of hydrogen-bond acceptors (Lipinski definition) is 5. The lowest BCUT2D eigenvalue weighted by Gasteiger charge is -2.35. The quantitative estimate of drug-likeness (QED) is 0.528. The van der Waals surface area contributed by atoms with Crippen molar-refractivity contribution in [3.63, 3.8) is 0 Å². The number of ether oxygens (including phenoxy) is 1. The van der Waals surface area contributed by atoms with Crippen LogP contribution in [0.3, 0.4) is 0 Å². The van der Waals surface area contributed by atoms with E-state index in [1.54, 1.807) is 6.20 Å². The van der Waals surface area contributed by atoms with E-state index >= 15 is 0 Å². The van der Waals surface area contributed by atoms with E-state index in [-0.39, 0.29) is 18.4 Å². The van der Waals surface area contributed by atoms with E-state index in [1.807, 2.05) is 65.6 Å². The molecular weight excluding hydrogens is 452 g/mol. The van der Waals surface area contributed by atoms with Gasteiger partial charge in [0.05, 0.1) is 5.69 Å². The summed E-state index contributed by atoms with van der Waals surface area (Å²) in [5.74, 6) is 1.11. The first-order valence-corrected chi connectivity index (χ1v) is 12.7. The van der Waals surface area contributed by atoms with Gasteiger partial charge >= 0.3 is 0 Å². The molecule has 2 amide bonds. The van der Waals surface area contributed by atoms with Crippen LogP contribution >= 0.6 is 0 Å². The first-order chi connectivity index (χ1) is 17.7. The van der Waals surface area contributed by atoms with E-state index in [0.717, 1.165) is 60.7 Å². The Morgan fingerprint density at radius 3 is 2.58 bits per heavy atom. The van der Waals surface area contributed by atoms with E-state index in [9.17, 15) is 9.59 Å². The number of aromatic nitrogens is 1. The molecule has 2 aliphatic heterocycles. The molecule has 0 atom stereocenters.